The summed E-state index contributed by atoms with van der Waals surface area (Å²) in [4.78, 5) is 12.4. The Balaban J connectivity index is 3.02. The second-order valence-electron chi connectivity index (χ2n) is 4.27. The normalized spacial score (nSPS) is 11.4. The van der Waals surface area contributed by atoms with Gasteiger partial charge >= 0.3 is 0 Å². The number of benzene rings is 1. The molecule has 0 aliphatic carbocycles. The molecule has 0 saturated heterocycles. The number of hydrogen-bond donors (Lipinski definition) is 0. The Labute approximate surface area is 89.9 Å². The average molecular weight is 208 g/mol. The van der Waals surface area contributed by atoms with Crippen molar-refractivity contribution < 1.29 is 4.79 Å². The fraction of sp³-hybridized carbons (Fsp3) is 0.417. The van der Waals surface area contributed by atoms with Crippen LogP contribution in [-0.2, 0) is 0 Å². The van der Waals surface area contributed by atoms with Gasteiger partial charge in [0.05, 0.1) is 0 Å². The van der Waals surface area contributed by atoms with Crippen LogP contribution in [0.1, 0.15) is 38.1 Å². The lowest BCUT2D eigenvalue weighted by molar-refractivity contribution is 0.101. The van der Waals surface area contributed by atoms with Gasteiger partial charge in [0.1, 0.15) is 0 Å². The first-order chi connectivity index (χ1) is 6.40. The molecular formula is C12H16OS. The lowest BCUT2D eigenvalue weighted by Crippen LogP contribution is -2.08. The standard InChI is InChI=1S/C12H16OS/c1-9(13)10-7-5-6-8-11(10)14-12(2,3)4/h5-8H,1-4H3. The van der Waals surface area contributed by atoms with Crippen molar-refractivity contribution in [2.45, 2.75) is 37.3 Å². The third kappa shape index (κ3) is 3.18. The maximum atomic E-state index is 11.3. The summed E-state index contributed by atoms with van der Waals surface area (Å²) in [5, 5.41) is 0. The molecule has 0 amide bonds. The zero-order valence-electron chi connectivity index (χ0n) is 9.13. The fourth-order valence-electron chi connectivity index (χ4n) is 1.18. The number of carbonyl (C=O) groups is 1. The predicted octanol–water partition coefficient (Wildman–Crippen LogP) is 3.78. The summed E-state index contributed by atoms with van der Waals surface area (Å²) in [6, 6.07) is 7.77. The Morgan fingerprint density at radius 3 is 2.29 bits per heavy atom. The van der Waals surface area contributed by atoms with Crippen molar-refractivity contribution in [2.24, 2.45) is 0 Å². The number of Topliss-reactive ketones (excluding diaryl/α,β-unsaturated/α-hetero) is 1. The zero-order chi connectivity index (χ0) is 10.8. The van der Waals surface area contributed by atoms with Gasteiger partial charge in [0.2, 0.25) is 0 Å². The van der Waals surface area contributed by atoms with Crippen LogP contribution in [0.5, 0.6) is 0 Å². The van der Waals surface area contributed by atoms with Crippen LogP contribution in [0.3, 0.4) is 0 Å². The molecule has 0 fully saturated rings. The molecular weight excluding hydrogens is 192 g/mol. The van der Waals surface area contributed by atoms with E-state index in [1.165, 1.54) is 0 Å². The minimum Gasteiger partial charge on any atom is -0.294 e. The summed E-state index contributed by atoms with van der Waals surface area (Å²) < 4.78 is 0.144. The fourth-order valence-corrected chi connectivity index (χ4v) is 2.30. The maximum absolute atomic E-state index is 11.3. The monoisotopic (exact) mass is 208 g/mol. The number of rotatable bonds is 2. The third-order valence-electron chi connectivity index (χ3n) is 1.68. The number of hydrogen-bond acceptors (Lipinski definition) is 2. The predicted molar refractivity (Wildman–Crippen MR) is 62.1 cm³/mol. The molecule has 1 aromatic carbocycles. The van der Waals surface area contributed by atoms with E-state index in [2.05, 4.69) is 20.8 Å². The summed E-state index contributed by atoms with van der Waals surface area (Å²) in [7, 11) is 0. The Morgan fingerprint density at radius 2 is 1.79 bits per heavy atom. The van der Waals surface area contributed by atoms with Gasteiger partial charge in [-0.25, -0.2) is 0 Å². The molecule has 1 rings (SSSR count). The molecule has 0 spiro atoms. The Hall–Kier alpha value is -0.760. The minimum atomic E-state index is 0.136. The molecule has 0 aliphatic heterocycles. The van der Waals surface area contributed by atoms with Crippen LogP contribution in [-0.4, -0.2) is 10.5 Å². The third-order valence-corrected chi connectivity index (χ3v) is 2.87. The van der Waals surface area contributed by atoms with Crippen LogP contribution in [0, 0.1) is 0 Å². The van der Waals surface area contributed by atoms with Crippen LogP contribution in [0.4, 0.5) is 0 Å². The van der Waals surface area contributed by atoms with Crippen molar-refractivity contribution in [1.82, 2.24) is 0 Å². The van der Waals surface area contributed by atoms with E-state index in [9.17, 15) is 4.79 Å². The van der Waals surface area contributed by atoms with Crippen molar-refractivity contribution in [3.63, 3.8) is 0 Å². The van der Waals surface area contributed by atoms with E-state index in [-0.39, 0.29) is 10.5 Å². The van der Waals surface area contributed by atoms with Crippen molar-refractivity contribution >= 4 is 17.5 Å². The quantitative estimate of drug-likeness (QED) is 0.543. The minimum absolute atomic E-state index is 0.136. The smallest absolute Gasteiger partial charge is 0.160 e. The first kappa shape index (κ1) is 11.3. The summed E-state index contributed by atoms with van der Waals surface area (Å²) in [5.41, 5.74) is 0.826. The summed E-state index contributed by atoms with van der Waals surface area (Å²) in [6.07, 6.45) is 0. The molecule has 0 N–H and O–H groups in total. The first-order valence-corrected chi connectivity index (χ1v) is 5.51. The maximum Gasteiger partial charge on any atom is 0.160 e. The van der Waals surface area contributed by atoms with Crippen LogP contribution in [0.15, 0.2) is 29.2 Å². The van der Waals surface area contributed by atoms with Gasteiger partial charge in [0, 0.05) is 15.2 Å². The largest absolute Gasteiger partial charge is 0.294 e. The highest BCUT2D eigenvalue weighted by molar-refractivity contribution is 8.00. The Kier molecular flexibility index (Phi) is 3.38. The molecule has 0 bridgehead atoms. The molecule has 0 atom stereocenters. The van der Waals surface area contributed by atoms with E-state index in [1.807, 2.05) is 24.3 Å². The van der Waals surface area contributed by atoms with Crippen LogP contribution in [0.2, 0.25) is 0 Å². The van der Waals surface area contributed by atoms with Crippen LogP contribution >= 0.6 is 11.8 Å². The lowest BCUT2D eigenvalue weighted by Gasteiger charge is -2.18. The Bertz CT molecular complexity index is 336. The van der Waals surface area contributed by atoms with Crippen molar-refractivity contribution in [2.75, 3.05) is 0 Å². The van der Waals surface area contributed by atoms with Crippen molar-refractivity contribution in [1.29, 1.82) is 0 Å². The second-order valence-corrected chi connectivity index (χ2v) is 6.14. The lowest BCUT2D eigenvalue weighted by atomic mass is 10.1. The van der Waals surface area contributed by atoms with Gasteiger partial charge in [0.25, 0.3) is 0 Å². The molecule has 0 aliphatic rings. The van der Waals surface area contributed by atoms with E-state index < -0.39 is 0 Å². The second kappa shape index (κ2) is 4.18. The molecule has 76 valence electrons. The topological polar surface area (TPSA) is 17.1 Å². The first-order valence-electron chi connectivity index (χ1n) is 4.69. The van der Waals surface area contributed by atoms with E-state index in [0.717, 1.165) is 10.5 Å². The van der Waals surface area contributed by atoms with Gasteiger partial charge in [-0.2, -0.15) is 0 Å². The number of carbonyl (C=O) groups excluding carboxylic acids is 1. The molecule has 0 saturated carbocycles. The van der Waals surface area contributed by atoms with E-state index >= 15 is 0 Å². The van der Waals surface area contributed by atoms with Gasteiger partial charge in [-0.3, -0.25) is 4.79 Å². The molecule has 2 heteroatoms. The molecule has 1 aromatic rings. The summed E-state index contributed by atoms with van der Waals surface area (Å²) in [6.45, 7) is 8.06. The van der Waals surface area contributed by atoms with E-state index in [4.69, 9.17) is 0 Å². The molecule has 0 radical (unpaired) electrons. The average Bonchev–Trinajstić information content (AvgIpc) is 2.01. The van der Waals surface area contributed by atoms with Gasteiger partial charge in [0.15, 0.2) is 5.78 Å². The molecule has 1 nitrogen and oxygen atoms in total. The van der Waals surface area contributed by atoms with E-state index in [1.54, 1.807) is 18.7 Å². The SMILES string of the molecule is CC(=O)c1ccccc1SC(C)(C)C. The van der Waals surface area contributed by atoms with Crippen molar-refractivity contribution in [3.05, 3.63) is 29.8 Å². The van der Waals surface area contributed by atoms with Crippen LogP contribution in [0.25, 0.3) is 0 Å². The molecule has 0 heterocycles. The summed E-state index contributed by atoms with van der Waals surface area (Å²) >= 11 is 1.73. The van der Waals surface area contributed by atoms with Gasteiger partial charge in [-0.1, -0.05) is 39.0 Å². The molecule has 0 aromatic heterocycles. The van der Waals surface area contributed by atoms with E-state index in [0.29, 0.717) is 0 Å². The molecule has 14 heavy (non-hydrogen) atoms. The molecule has 0 unspecified atom stereocenters. The van der Waals surface area contributed by atoms with Crippen LogP contribution < -0.4 is 0 Å². The summed E-state index contributed by atoms with van der Waals surface area (Å²) in [5.74, 6) is 0.136. The van der Waals surface area contributed by atoms with Crippen molar-refractivity contribution in [3.8, 4) is 0 Å². The number of ketones is 1. The number of thioether (sulfide) groups is 1. The van der Waals surface area contributed by atoms with Gasteiger partial charge < -0.3 is 0 Å². The zero-order valence-corrected chi connectivity index (χ0v) is 9.94. The van der Waals surface area contributed by atoms with Gasteiger partial charge in [-0.05, 0) is 13.0 Å². The van der Waals surface area contributed by atoms with Gasteiger partial charge in [-0.15, -0.1) is 11.8 Å². The highest BCUT2D eigenvalue weighted by Gasteiger charge is 2.15. The highest BCUT2D eigenvalue weighted by atomic mass is 32.2. The highest BCUT2D eigenvalue weighted by Crippen LogP contribution is 2.34. The Morgan fingerprint density at radius 1 is 1.21 bits per heavy atom.